The molecule has 0 aromatic rings. The van der Waals surface area contributed by atoms with Gasteiger partial charge in [-0.2, -0.15) is 0 Å². The number of nitrogens with one attached hydrogen (secondary N) is 1. The Bertz CT molecular complexity index is 455. The van der Waals surface area contributed by atoms with Crippen LogP contribution < -0.4 is 11.1 Å². The fourth-order valence-electron chi connectivity index (χ4n) is 2.71. The number of urea groups is 1. The minimum absolute atomic E-state index is 0. The third-order valence-electron chi connectivity index (χ3n) is 4.34. The second-order valence-corrected chi connectivity index (χ2v) is 6.23. The maximum absolute atomic E-state index is 12.0. The standard InChI is InChI=1S/C14H24N4O3.ClH/c1-14(9-15,10-5-6-10)16-11(19)4-3-7-18-12(20)8-17(2)13(18)21;/h10H,3-9,15H2,1-2H3,(H,16,19);1H. The van der Waals surface area contributed by atoms with Crippen molar-refractivity contribution in [2.75, 3.05) is 26.7 Å². The van der Waals surface area contributed by atoms with E-state index in [9.17, 15) is 14.4 Å². The minimum Gasteiger partial charge on any atom is -0.349 e. The first-order valence-electron chi connectivity index (χ1n) is 7.44. The summed E-state index contributed by atoms with van der Waals surface area (Å²) in [6, 6.07) is -0.287. The van der Waals surface area contributed by atoms with E-state index in [4.69, 9.17) is 5.73 Å². The molecule has 8 heteroatoms. The molecule has 2 rings (SSSR count). The average Bonchev–Trinajstić information content (AvgIpc) is 3.24. The van der Waals surface area contributed by atoms with Crippen LogP contribution in [0.5, 0.6) is 0 Å². The highest BCUT2D eigenvalue weighted by atomic mass is 35.5. The summed E-state index contributed by atoms with van der Waals surface area (Å²) in [5.41, 5.74) is 5.44. The second kappa shape index (κ2) is 7.28. The van der Waals surface area contributed by atoms with Gasteiger partial charge >= 0.3 is 6.03 Å². The van der Waals surface area contributed by atoms with Crippen LogP contribution in [0.25, 0.3) is 0 Å². The van der Waals surface area contributed by atoms with E-state index in [1.54, 1.807) is 7.05 Å². The molecule has 2 aliphatic rings. The monoisotopic (exact) mass is 332 g/mol. The van der Waals surface area contributed by atoms with Crippen LogP contribution in [0.2, 0.25) is 0 Å². The fraction of sp³-hybridized carbons (Fsp3) is 0.786. The number of hydrogen-bond donors (Lipinski definition) is 2. The van der Waals surface area contributed by atoms with Crippen molar-refractivity contribution in [1.82, 2.24) is 15.1 Å². The van der Waals surface area contributed by atoms with Crippen molar-refractivity contribution in [3.8, 4) is 0 Å². The Labute approximate surface area is 137 Å². The number of hydrogen-bond acceptors (Lipinski definition) is 4. The third kappa shape index (κ3) is 4.10. The van der Waals surface area contributed by atoms with Gasteiger partial charge in [-0.25, -0.2) is 4.79 Å². The zero-order chi connectivity index (χ0) is 15.6. The summed E-state index contributed by atoms with van der Waals surface area (Å²) in [6.07, 6.45) is 2.99. The molecule has 0 bridgehead atoms. The zero-order valence-electron chi connectivity index (χ0n) is 13.1. The number of nitrogens with two attached hydrogens (primary N) is 1. The van der Waals surface area contributed by atoms with Gasteiger partial charge in [0, 0.05) is 26.6 Å². The third-order valence-corrected chi connectivity index (χ3v) is 4.34. The van der Waals surface area contributed by atoms with Gasteiger partial charge in [-0.15, -0.1) is 12.4 Å². The van der Waals surface area contributed by atoms with Crippen molar-refractivity contribution in [2.45, 2.75) is 38.1 Å². The highest BCUT2D eigenvalue weighted by molar-refractivity contribution is 6.01. The molecule has 22 heavy (non-hydrogen) atoms. The number of amides is 4. The van der Waals surface area contributed by atoms with Crippen molar-refractivity contribution in [2.24, 2.45) is 11.7 Å². The van der Waals surface area contributed by atoms with E-state index in [2.05, 4.69) is 5.32 Å². The lowest BCUT2D eigenvalue weighted by molar-refractivity contribution is -0.126. The van der Waals surface area contributed by atoms with Gasteiger partial charge in [-0.3, -0.25) is 14.5 Å². The van der Waals surface area contributed by atoms with Gasteiger partial charge in [0.1, 0.15) is 6.54 Å². The Morgan fingerprint density at radius 3 is 2.50 bits per heavy atom. The lowest BCUT2D eigenvalue weighted by Crippen LogP contribution is -2.53. The molecule has 1 unspecified atom stereocenters. The molecule has 1 saturated carbocycles. The van der Waals surface area contributed by atoms with Crippen LogP contribution in [0.1, 0.15) is 32.6 Å². The van der Waals surface area contributed by atoms with E-state index in [-0.39, 0.29) is 48.9 Å². The summed E-state index contributed by atoms with van der Waals surface area (Å²) in [5, 5.41) is 3.00. The molecular weight excluding hydrogens is 308 g/mol. The van der Waals surface area contributed by atoms with Crippen LogP contribution in [0, 0.1) is 5.92 Å². The van der Waals surface area contributed by atoms with Crippen molar-refractivity contribution in [3.05, 3.63) is 0 Å². The van der Waals surface area contributed by atoms with Gasteiger partial charge in [0.05, 0.1) is 5.54 Å². The number of rotatable bonds is 7. The highest BCUT2D eigenvalue weighted by Gasteiger charge is 2.41. The van der Waals surface area contributed by atoms with E-state index in [1.807, 2.05) is 6.92 Å². The molecule has 1 saturated heterocycles. The SMILES string of the molecule is CN1CC(=O)N(CCCC(=O)NC(C)(CN)C2CC2)C1=O.Cl. The van der Waals surface area contributed by atoms with Crippen LogP contribution in [0.3, 0.4) is 0 Å². The average molecular weight is 333 g/mol. The van der Waals surface area contributed by atoms with Gasteiger partial charge in [-0.1, -0.05) is 0 Å². The van der Waals surface area contributed by atoms with E-state index in [1.165, 1.54) is 9.80 Å². The Morgan fingerprint density at radius 1 is 1.41 bits per heavy atom. The number of carbonyl (C=O) groups excluding carboxylic acids is 3. The number of imide groups is 1. The summed E-state index contributed by atoms with van der Waals surface area (Å²) in [6.45, 7) is 2.82. The highest BCUT2D eigenvalue weighted by Crippen LogP contribution is 2.38. The van der Waals surface area contributed by atoms with Crippen molar-refractivity contribution < 1.29 is 14.4 Å². The predicted molar refractivity (Wildman–Crippen MR) is 84.5 cm³/mol. The van der Waals surface area contributed by atoms with E-state index in [0.717, 1.165) is 12.8 Å². The molecule has 3 N–H and O–H groups in total. The number of nitrogens with zero attached hydrogens (tertiary/aromatic N) is 2. The first-order chi connectivity index (χ1) is 9.87. The normalized spacial score (nSPS) is 20.7. The van der Waals surface area contributed by atoms with Crippen molar-refractivity contribution in [3.63, 3.8) is 0 Å². The molecule has 1 aliphatic heterocycles. The molecule has 7 nitrogen and oxygen atoms in total. The molecule has 1 aliphatic carbocycles. The van der Waals surface area contributed by atoms with Gasteiger partial charge in [0.15, 0.2) is 0 Å². The van der Waals surface area contributed by atoms with Crippen LogP contribution in [-0.2, 0) is 9.59 Å². The van der Waals surface area contributed by atoms with Crippen LogP contribution in [-0.4, -0.2) is 59.9 Å². The summed E-state index contributed by atoms with van der Waals surface area (Å²) in [4.78, 5) is 37.8. The smallest absolute Gasteiger partial charge is 0.326 e. The maximum Gasteiger partial charge on any atom is 0.326 e. The quantitative estimate of drug-likeness (QED) is 0.656. The molecule has 0 aromatic carbocycles. The Balaban J connectivity index is 0.00000242. The lowest BCUT2D eigenvalue weighted by Gasteiger charge is -2.29. The Hall–Kier alpha value is -1.34. The number of likely N-dealkylation sites (N-methyl/N-ethyl adjacent to an activating group) is 1. The molecular formula is C14H25ClN4O3. The molecule has 2 fully saturated rings. The minimum atomic E-state index is -0.323. The predicted octanol–water partition coefficient (Wildman–Crippen LogP) is 0.326. The van der Waals surface area contributed by atoms with E-state index in [0.29, 0.717) is 25.3 Å². The number of carbonyl (C=O) groups is 3. The largest absolute Gasteiger partial charge is 0.349 e. The zero-order valence-corrected chi connectivity index (χ0v) is 13.9. The van der Waals surface area contributed by atoms with Crippen molar-refractivity contribution in [1.29, 1.82) is 0 Å². The Kier molecular flexibility index (Phi) is 6.19. The van der Waals surface area contributed by atoms with Gasteiger partial charge in [0.2, 0.25) is 11.8 Å². The summed E-state index contributed by atoms with van der Waals surface area (Å²) < 4.78 is 0. The molecule has 0 radical (unpaired) electrons. The molecule has 126 valence electrons. The van der Waals surface area contributed by atoms with Gasteiger partial charge in [0.25, 0.3) is 0 Å². The first kappa shape index (κ1) is 18.7. The maximum atomic E-state index is 12.0. The van der Waals surface area contributed by atoms with Gasteiger partial charge < -0.3 is 16.0 Å². The van der Waals surface area contributed by atoms with Crippen LogP contribution in [0.15, 0.2) is 0 Å². The van der Waals surface area contributed by atoms with Crippen molar-refractivity contribution >= 4 is 30.3 Å². The summed E-state index contributed by atoms with van der Waals surface area (Å²) in [5.74, 6) is 0.205. The number of halogens is 1. The first-order valence-corrected chi connectivity index (χ1v) is 7.44. The summed E-state index contributed by atoms with van der Waals surface area (Å²) >= 11 is 0. The summed E-state index contributed by atoms with van der Waals surface area (Å²) in [7, 11) is 1.59. The second-order valence-electron chi connectivity index (χ2n) is 6.23. The molecule has 1 heterocycles. The fourth-order valence-corrected chi connectivity index (χ4v) is 2.71. The molecule has 0 spiro atoms. The molecule has 1 atom stereocenters. The van der Waals surface area contributed by atoms with Crippen LogP contribution in [0.4, 0.5) is 4.79 Å². The van der Waals surface area contributed by atoms with Gasteiger partial charge in [-0.05, 0) is 32.1 Å². The van der Waals surface area contributed by atoms with Crippen LogP contribution >= 0.6 is 12.4 Å². The molecule has 4 amide bonds. The van der Waals surface area contributed by atoms with E-state index < -0.39 is 0 Å². The van der Waals surface area contributed by atoms with E-state index >= 15 is 0 Å². The molecule has 0 aromatic heterocycles. The lowest BCUT2D eigenvalue weighted by atomic mass is 9.95. The topological polar surface area (TPSA) is 95.7 Å². The Morgan fingerprint density at radius 2 is 2.05 bits per heavy atom.